The van der Waals surface area contributed by atoms with Gasteiger partial charge in [-0.2, -0.15) is 0 Å². The lowest BCUT2D eigenvalue weighted by molar-refractivity contribution is 0.105. The first-order valence-corrected chi connectivity index (χ1v) is 5.56. The molecule has 0 unspecified atom stereocenters. The summed E-state index contributed by atoms with van der Waals surface area (Å²) in [4.78, 5) is 10.7. The van der Waals surface area contributed by atoms with Crippen molar-refractivity contribution in [1.29, 1.82) is 0 Å². The first-order chi connectivity index (χ1) is 7.70. The van der Waals surface area contributed by atoms with Crippen LogP contribution in [-0.4, -0.2) is 35.8 Å². The van der Waals surface area contributed by atoms with Gasteiger partial charge in [-0.3, -0.25) is 0 Å². The number of aryl methyl sites for hydroxylation is 1. The molecule has 5 heteroatoms. The van der Waals surface area contributed by atoms with Crippen molar-refractivity contribution >= 4 is 17.5 Å². The lowest BCUT2D eigenvalue weighted by Gasteiger charge is -2.33. The Kier molecular flexibility index (Phi) is 3.41. The molecular weight excluding hydrogens is 226 g/mol. The Morgan fingerprint density at radius 3 is 3.12 bits per heavy atom. The van der Waals surface area contributed by atoms with Gasteiger partial charge in [0.2, 0.25) is 5.95 Å². The predicted octanol–water partition coefficient (Wildman–Crippen LogP) is 1.83. The summed E-state index contributed by atoms with van der Waals surface area (Å²) >= 11 is 5.93. The molecule has 1 atom stereocenters. The number of hydrogen-bond acceptors (Lipinski definition) is 4. The van der Waals surface area contributed by atoms with E-state index in [0.717, 1.165) is 12.2 Å². The third-order valence-corrected chi connectivity index (χ3v) is 2.70. The average Bonchev–Trinajstić information content (AvgIpc) is 2.27. The Balaban J connectivity index is 2.30. The summed E-state index contributed by atoms with van der Waals surface area (Å²) < 4.78 is 5.38. The van der Waals surface area contributed by atoms with Crippen LogP contribution >= 0.6 is 11.6 Å². The van der Waals surface area contributed by atoms with Crippen LogP contribution in [0, 0.1) is 6.92 Å². The molecule has 2 rings (SSSR count). The zero-order chi connectivity index (χ0) is 11.5. The minimum atomic E-state index is 0.117. The van der Waals surface area contributed by atoms with E-state index in [9.17, 15) is 0 Å². The van der Waals surface area contributed by atoms with E-state index in [1.165, 1.54) is 0 Å². The quantitative estimate of drug-likeness (QED) is 0.583. The molecule has 2 heterocycles. The minimum Gasteiger partial charge on any atom is -0.377 e. The van der Waals surface area contributed by atoms with E-state index in [2.05, 4.69) is 21.4 Å². The molecule has 0 spiro atoms. The summed E-state index contributed by atoms with van der Waals surface area (Å²) in [5.41, 5.74) is 0.865. The summed E-state index contributed by atoms with van der Waals surface area (Å²) in [5.74, 6) is 0.651. The molecule has 1 aromatic heterocycles. The van der Waals surface area contributed by atoms with Gasteiger partial charge in [0.1, 0.15) is 5.15 Å². The van der Waals surface area contributed by atoms with Crippen LogP contribution in [0.1, 0.15) is 5.69 Å². The van der Waals surface area contributed by atoms with Crippen LogP contribution in [0.15, 0.2) is 18.7 Å². The average molecular weight is 240 g/mol. The van der Waals surface area contributed by atoms with Crippen LogP contribution < -0.4 is 4.90 Å². The maximum Gasteiger partial charge on any atom is 0.227 e. The molecule has 1 aliphatic heterocycles. The second kappa shape index (κ2) is 4.80. The molecule has 1 aliphatic rings. The second-order valence-corrected chi connectivity index (χ2v) is 4.09. The van der Waals surface area contributed by atoms with Crippen LogP contribution in [0.4, 0.5) is 5.95 Å². The van der Waals surface area contributed by atoms with Gasteiger partial charge >= 0.3 is 0 Å². The van der Waals surface area contributed by atoms with E-state index in [4.69, 9.17) is 16.3 Å². The van der Waals surface area contributed by atoms with E-state index < -0.39 is 0 Å². The number of nitrogens with zero attached hydrogens (tertiary/aromatic N) is 3. The van der Waals surface area contributed by atoms with E-state index in [-0.39, 0.29) is 6.04 Å². The zero-order valence-corrected chi connectivity index (χ0v) is 9.94. The number of aromatic nitrogens is 2. The highest BCUT2D eigenvalue weighted by molar-refractivity contribution is 6.29. The topological polar surface area (TPSA) is 38.2 Å². The highest BCUT2D eigenvalue weighted by Crippen LogP contribution is 2.18. The van der Waals surface area contributed by atoms with E-state index in [1.807, 2.05) is 13.0 Å². The molecule has 0 N–H and O–H groups in total. The van der Waals surface area contributed by atoms with Crippen LogP contribution in [0.3, 0.4) is 0 Å². The molecule has 1 aromatic rings. The Hall–Kier alpha value is -1.13. The van der Waals surface area contributed by atoms with E-state index >= 15 is 0 Å². The summed E-state index contributed by atoms with van der Waals surface area (Å²) in [6.07, 6.45) is 1.85. The smallest absolute Gasteiger partial charge is 0.227 e. The second-order valence-electron chi connectivity index (χ2n) is 3.70. The number of rotatable bonds is 2. The molecule has 0 saturated carbocycles. The van der Waals surface area contributed by atoms with Crippen LogP contribution in [0.2, 0.25) is 5.15 Å². The minimum absolute atomic E-state index is 0.117. The van der Waals surface area contributed by atoms with Gasteiger partial charge < -0.3 is 9.64 Å². The molecule has 0 radical (unpaired) electrons. The lowest BCUT2D eigenvalue weighted by atomic mass is 10.2. The molecule has 0 bridgehead atoms. The Morgan fingerprint density at radius 2 is 2.44 bits per heavy atom. The molecule has 0 aromatic carbocycles. The van der Waals surface area contributed by atoms with Crippen LogP contribution in [0.5, 0.6) is 0 Å². The van der Waals surface area contributed by atoms with Gasteiger partial charge in [-0.1, -0.05) is 17.7 Å². The van der Waals surface area contributed by atoms with Gasteiger partial charge in [0.05, 0.1) is 19.3 Å². The predicted molar refractivity (Wildman–Crippen MR) is 63.9 cm³/mol. The van der Waals surface area contributed by atoms with Crippen molar-refractivity contribution in [3.63, 3.8) is 0 Å². The fourth-order valence-corrected chi connectivity index (χ4v) is 1.94. The largest absolute Gasteiger partial charge is 0.377 e. The molecule has 0 amide bonds. The third-order valence-electron chi connectivity index (χ3n) is 2.51. The molecule has 1 fully saturated rings. The van der Waals surface area contributed by atoms with Gasteiger partial charge in [0, 0.05) is 12.2 Å². The van der Waals surface area contributed by atoms with Gasteiger partial charge in [0.25, 0.3) is 0 Å². The van der Waals surface area contributed by atoms with Crippen molar-refractivity contribution in [2.24, 2.45) is 0 Å². The highest BCUT2D eigenvalue weighted by atomic mass is 35.5. The summed E-state index contributed by atoms with van der Waals surface area (Å²) in [5, 5.41) is 0.469. The Bertz CT molecular complexity index is 377. The molecule has 4 nitrogen and oxygen atoms in total. The monoisotopic (exact) mass is 239 g/mol. The number of hydrogen-bond donors (Lipinski definition) is 0. The van der Waals surface area contributed by atoms with Crippen molar-refractivity contribution in [3.8, 4) is 0 Å². The third kappa shape index (κ3) is 2.33. The van der Waals surface area contributed by atoms with Gasteiger partial charge in [-0.15, -0.1) is 6.58 Å². The van der Waals surface area contributed by atoms with Crippen molar-refractivity contribution in [2.45, 2.75) is 13.0 Å². The summed E-state index contributed by atoms with van der Waals surface area (Å²) in [7, 11) is 0. The number of morpholine rings is 1. The lowest BCUT2D eigenvalue weighted by Crippen LogP contribution is -2.45. The van der Waals surface area contributed by atoms with Crippen LogP contribution in [0.25, 0.3) is 0 Å². The summed E-state index contributed by atoms with van der Waals surface area (Å²) in [6, 6.07) is 1.86. The molecule has 86 valence electrons. The molecule has 0 aliphatic carbocycles. The highest BCUT2D eigenvalue weighted by Gasteiger charge is 2.22. The Labute approximate surface area is 99.9 Å². The molecule has 16 heavy (non-hydrogen) atoms. The van der Waals surface area contributed by atoms with Gasteiger partial charge in [-0.25, -0.2) is 9.97 Å². The van der Waals surface area contributed by atoms with E-state index in [1.54, 1.807) is 6.07 Å². The maximum absolute atomic E-state index is 5.93. The van der Waals surface area contributed by atoms with Crippen molar-refractivity contribution in [1.82, 2.24) is 9.97 Å². The number of anilines is 1. The van der Waals surface area contributed by atoms with Gasteiger partial charge in [-0.05, 0) is 13.0 Å². The Morgan fingerprint density at radius 1 is 1.62 bits per heavy atom. The SMILES string of the molecule is C=C[C@H]1COCCN1c1nc(C)cc(Cl)n1. The number of halogens is 1. The fraction of sp³-hybridized carbons (Fsp3) is 0.455. The van der Waals surface area contributed by atoms with Gasteiger partial charge in [0.15, 0.2) is 0 Å². The summed E-state index contributed by atoms with van der Waals surface area (Å²) in [6.45, 7) is 7.76. The number of ether oxygens (including phenoxy) is 1. The van der Waals surface area contributed by atoms with Crippen LogP contribution in [-0.2, 0) is 4.74 Å². The van der Waals surface area contributed by atoms with Crippen molar-refractivity contribution in [3.05, 3.63) is 29.6 Å². The first-order valence-electron chi connectivity index (χ1n) is 5.19. The first kappa shape index (κ1) is 11.4. The standard InChI is InChI=1S/C11H14ClN3O/c1-3-9-7-16-5-4-15(9)11-13-8(2)6-10(12)14-11/h3,6,9H,1,4-5,7H2,2H3/t9-/m0/s1. The zero-order valence-electron chi connectivity index (χ0n) is 9.19. The van der Waals surface area contributed by atoms with E-state index in [0.29, 0.717) is 24.3 Å². The fourth-order valence-electron chi connectivity index (χ4n) is 1.71. The van der Waals surface area contributed by atoms with Crippen molar-refractivity contribution < 1.29 is 4.74 Å². The molecular formula is C11H14ClN3O. The van der Waals surface area contributed by atoms with Crippen molar-refractivity contribution in [2.75, 3.05) is 24.7 Å². The molecule has 1 saturated heterocycles. The maximum atomic E-state index is 5.93. The normalized spacial score (nSPS) is 20.9.